The summed E-state index contributed by atoms with van der Waals surface area (Å²) in [6.45, 7) is 6.31. The number of para-hydroxylation sites is 2. The van der Waals surface area contributed by atoms with Crippen molar-refractivity contribution in [3.63, 3.8) is 0 Å². The van der Waals surface area contributed by atoms with E-state index in [0.29, 0.717) is 13.2 Å². The molecule has 0 saturated heterocycles. The van der Waals surface area contributed by atoms with E-state index < -0.39 is 0 Å². The van der Waals surface area contributed by atoms with Gasteiger partial charge in [-0.3, -0.25) is 0 Å². The number of ether oxygens (including phenoxy) is 2. The Labute approximate surface area is 168 Å². The zero-order valence-electron chi connectivity index (χ0n) is 16.7. The molecule has 0 fully saturated rings. The fraction of sp³-hybridized carbons (Fsp3) is 0.280. The summed E-state index contributed by atoms with van der Waals surface area (Å²) in [5, 5.41) is 3.62. The summed E-state index contributed by atoms with van der Waals surface area (Å²) in [5.74, 6) is 1.78. The Morgan fingerprint density at radius 2 is 1.46 bits per heavy atom. The van der Waals surface area contributed by atoms with Crippen molar-refractivity contribution in [3.8, 4) is 11.5 Å². The van der Waals surface area contributed by atoms with E-state index in [2.05, 4.69) is 55.6 Å². The zero-order valence-corrected chi connectivity index (χ0v) is 16.7. The molecule has 0 amide bonds. The van der Waals surface area contributed by atoms with E-state index in [9.17, 15) is 0 Å². The molecule has 28 heavy (non-hydrogen) atoms. The average molecular weight is 376 g/mol. The Balaban J connectivity index is 1.48. The maximum atomic E-state index is 6.00. The lowest BCUT2D eigenvalue weighted by Gasteiger charge is -2.19. The number of hydrogen-bond donors (Lipinski definition) is 1. The molecule has 0 radical (unpaired) electrons. The van der Waals surface area contributed by atoms with Crippen molar-refractivity contribution in [2.75, 3.05) is 19.8 Å². The van der Waals surface area contributed by atoms with E-state index >= 15 is 0 Å². The van der Waals surface area contributed by atoms with Crippen LogP contribution in [-0.2, 0) is 6.42 Å². The molecule has 0 aromatic heterocycles. The minimum atomic E-state index is 0.218. The van der Waals surface area contributed by atoms with Crippen LogP contribution < -0.4 is 14.8 Å². The first-order valence-corrected chi connectivity index (χ1v) is 9.91. The van der Waals surface area contributed by atoms with Crippen molar-refractivity contribution in [1.82, 2.24) is 5.32 Å². The number of hydrogen-bond acceptors (Lipinski definition) is 3. The average Bonchev–Trinajstić information content (AvgIpc) is 2.73. The predicted molar refractivity (Wildman–Crippen MR) is 115 cm³/mol. The molecular formula is C25H29NO2. The Bertz CT molecular complexity index is 848. The summed E-state index contributed by atoms with van der Waals surface area (Å²) < 4.78 is 11.7. The number of benzene rings is 3. The van der Waals surface area contributed by atoms with Crippen LogP contribution in [0, 0.1) is 6.92 Å². The molecule has 3 aromatic rings. The molecule has 146 valence electrons. The molecule has 0 aliphatic rings. The summed E-state index contributed by atoms with van der Waals surface area (Å²) in [6.07, 6.45) is 1.02. The van der Waals surface area contributed by atoms with Crippen molar-refractivity contribution >= 4 is 0 Å². The maximum absolute atomic E-state index is 6.00. The second-order valence-corrected chi connectivity index (χ2v) is 6.90. The maximum Gasteiger partial charge on any atom is 0.124 e. The molecule has 0 aliphatic carbocycles. The van der Waals surface area contributed by atoms with E-state index in [4.69, 9.17) is 9.47 Å². The standard InChI is InChI=1S/C25H29NO2/c1-20-10-6-7-11-22(20)16-17-26-21(2)24-14-8-9-15-25(24)28-19-18-27-23-12-4-3-5-13-23/h3-15,21,26H,16-19H2,1-2H3. The van der Waals surface area contributed by atoms with Crippen molar-refractivity contribution < 1.29 is 9.47 Å². The third-order valence-corrected chi connectivity index (χ3v) is 4.84. The third-order valence-electron chi connectivity index (χ3n) is 4.84. The summed E-state index contributed by atoms with van der Waals surface area (Å²) in [6, 6.07) is 26.8. The largest absolute Gasteiger partial charge is 0.490 e. The third kappa shape index (κ3) is 5.86. The van der Waals surface area contributed by atoms with Gasteiger partial charge in [0.1, 0.15) is 24.7 Å². The molecule has 3 rings (SSSR count). The van der Waals surface area contributed by atoms with Gasteiger partial charge in [-0.1, -0.05) is 60.7 Å². The summed E-state index contributed by atoms with van der Waals surface area (Å²) in [7, 11) is 0. The lowest BCUT2D eigenvalue weighted by molar-refractivity contribution is 0.215. The molecule has 3 heteroatoms. The van der Waals surface area contributed by atoms with Gasteiger partial charge in [-0.05, 0) is 56.1 Å². The molecule has 0 spiro atoms. The molecule has 3 aromatic carbocycles. The Kier molecular flexibility index (Phi) is 7.51. The first-order chi connectivity index (χ1) is 13.7. The second kappa shape index (κ2) is 10.5. The molecule has 0 bridgehead atoms. The topological polar surface area (TPSA) is 30.5 Å². The van der Waals surface area contributed by atoms with E-state index in [1.165, 1.54) is 16.7 Å². The summed E-state index contributed by atoms with van der Waals surface area (Å²) >= 11 is 0. The fourth-order valence-electron chi connectivity index (χ4n) is 3.22. The van der Waals surface area contributed by atoms with Gasteiger partial charge in [0.05, 0.1) is 0 Å². The lowest BCUT2D eigenvalue weighted by Crippen LogP contribution is -2.22. The van der Waals surface area contributed by atoms with Crippen LogP contribution in [0.4, 0.5) is 0 Å². The monoisotopic (exact) mass is 375 g/mol. The van der Waals surface area contributed by atoms with Gasteiger partial charge in [0.25, 0.3) is 0 Å². The van der Waals surface area contributed by atoms with E-state index in [1.54, 1.807) is 0 Å². The van der Waals surface area contributed by atoms with Gasteiger partial charge in [0.2, 0.25) is 0 Å². The van der Waals surface area contributed by atoms with Crippen LogP contribution in [0.15, 0.2) is 78.9 Å². The molecule has 1 atom stereocenters. The van der Waals surface area contributed by atoms with Crippen molar-refractivity contribution in [2.24, 2.45) is 0 Å². The Morgan fingerprint density at radius 3 is 2.29 bits per heavy atom. The SMILES string of the molecule is Cc1ccccc1CCNC(C)c1ccccc1OCCOc1ccccc1. The highest BCUT2D eigenvalue weighted by Crippen LogP contribution is 2.25. The minimum Gasteiger partial charge on any atom is -0.490 e. The van der Waals surface area contributed by atoms with Crippen LogP contribution in [0.1, 0.15) is 29.7 Å². The van der Waals surface area contributed by atoms with Crippen LogP contribution >= 0.6 is 0 Å². The van der Waals surface area contributed by atoms with Crippen molar-refractivity contribution in [2.45, 2.75) is 26.3 Å². The first kappa shape index (κ1) is 20.0. The number of aryl methyl sites for hydroxylation is 1. The van der Waals surface area contributed by atoms with Gasteiger partial charge in [-0.2, -0.15) is 0 Å². The van der Waals surface area contributed by atoms with E-state index in [1.807, 2.05) is 42.5 Å². The van der Waals surface area contributed by atoms with E-state index in [0.717, 1.165) is 24.5 Å². The Morgan fingerprint density at radius 1 is 0.786 bits per heavy atom. The van der Waals surface area contributed by atoms with Crippen LogP contribution in [0.25, 0.3) is 0 Å². The highest BCUT2D eigenvalue weighted by atomic mass is 16.5. The van der Waals surface area contributed by atoms with Gasteiger partial charge in [-0.25, -0.2) is 0 Å². The van der Waals surface area contributed by atoms with Gasteiger partial charge >= 0.3 is 0 Å². The number of nitrogens with one attached hydrogen (secondary N) is 1. The summed E-state index contributed by atoms with van der Waals surface area (Å²) in [4.78, 5) is 0. The van der Waals surface area contributed by atoms with Crippen LogP contribution in [0.3, 0.4) is 0 Å². The van der Waals surface area contributed by atoms with Crippen molar-refractivity contribution in [1.29, 1.82) is 0 Å². The van der Waals surface area contributed by atoms with Crippen LogP contribution in [0.5, 0.6) is 11.5 Å². The molecule has 0 saturated carbocycles. The minimum absolute atomic E-state index is 0.218. The highest BCUT2D eigenvalue weighted by molar-refractivity contribution is 5.35. The van der Waals surface area contributed by atoms with Gasteiger partial charge in [-0.15, -0.1) is 0 Å². The lowest BCUT2D eigenvalue weighted by atomic mass is 10.0. The number of rotatable bonds is 10. The highest BCUT2D eigenvalue weighted by Gasteiger charge is 2.11. The molecule has 0 heterocycles. The summed E-state index contributed by atoms with van der Waals surface area (Å²) in [5.41, 5.74) is 3.91. The second-order valence-electron chi connectivity index (χ2n) is 6.90. The normalized spacial score (nSPS) is 11.8. The van der Waals surface area contributed by atoms with Crippen LogP contribution in [0.2, 0.25) is 0 Å². The van der Waals surface area contributed by atoms with E-state index in [-0.39, 0.29) is 6.04 Å². The fourth-order valence-corrected chi connectivity index (χ4v) is 3.22. The smallest absolute Gasteiger partial charge is 0.124 e. The van der Waals surface area contributed by atoms with Gasteiger partial charge in [0, 0.05) is 11.6 Å². The van der Waals surface area contributed by atoms with Gasteiger partial charge < -0.3 is 14.8 Å². The molecule has 1 N–H and O–H groups in total. The van der Waals surface area contributed by atoms with Crippen LogP contribution in [-0.4, -0.2) is 19.8 Å². The molecule has 1 unspecified atom stereocenters. The first-order valence-electron chi connectivity index (χ1n) is 9.91. The molecule has 3 nitrogen and oxygen atoms in total. The van der Waals surface area contributed by atoms with Gasteiger partial charge in [0.15, 0.2) is 0 Å². The zero-order chi connectivity index (χ0) is 19.6. The quantitative estimate of drug-likeness (QED) is 0.485. The predicted octanol–water partition coefficient (Wildman–Crippen LogP) is 5.35. The molecule has 0 aliphatic heterocycles. The van der Waals surface area contributed by atoms with Crippen molar-refractivity contribution in [3.05, 3.63) is 95.6 Å². The Hall–Kier alpha value is -2.78. The molecular weight excluding hydrogens is 346 g/mol.